The van der Waals surface area contributed by atoms with Gasteiger partial charge in [0.1, 0.15) is 12.4 Å². The van der Waals surface area contributed by atoms with Gasteiger partial charge >= 0.3 is 5.91 Å². The molecule has 0 unspecified atom stereocenters. The number of hydrazine groups is 1. The molecule has 94 valence electrons. The first-order chi connectivity index (χ1) is 8.70. The van der Waals surface area contributed by atoms with E-state index in [0.717, 1.165) is 0 Å². The lowest BCUT2D eigenvalue weighted by atomic mass is 10.3. The number of benzene rings is 1. The number of amides is 1. The van der Waals surface area contributed by atoms with Crippen molar-refractivity contribution in [3.63, 3.8) is 0 Å². The van der Waals surface area contributed by atoms with Gasteiger partial charge in [-0.1, -0.05) is 12.1 Å². The SMILES string of the molecule is NNC(=O)c1ccc(COc2ccccc2F)o1. The zero-order chi connectivity index (χ0) is 13.0. The van der Waals surface area contributed by atoms with Crippen molar-refractivity contribution in [3.8, 4) is 5.75 Å². The van der Waals surface area contributed by atoms with Gasteiger partial charge in [-0.3, -0.25) is 10.2 Å². The van der Waals surface area contributed by atoms with E-state index in [1.54, 1.807) is 18.2 Å². The molecule has 0 aliphatic carbocycles. The largest absolute Gasteiger partial charge is 0.483 e. The molecule has 0 radical (unpaired) electrons. The van der Waals surface area contributed by atoms with Crippen LogP contribution in [-0.2, 0) is 6.61 Å². The number of hydrogen-bond acceptors (Lipinski definition) is 4. The van der Waals surface area contributed by atoms with Crippen LogP contribution in [0.3, 0.4) is 0 Å². The fourth-order valence-corrected chi connectivity index (χ4v) is 1.36. The maximum atomic E-state index is 13.2. The minimum atomic E-state index is -0.535. The molecule has 0 aliphatic heterocycles. The highest BCUT2D eigenvalue weighted by atomic mass is 19.1. The molecular weight excluding hydrogens is 239 g/mol. The number of carbonyl (C=O) groups excluding carboxylic acids is 1. The summed E-state index contributed by atoms with van der Waals surface area (Å²) in [7, 11) is 0. The van der Waals surface area contributed by atoms with Crippen LogP contribution in [0.25, 0.3) is 0 Å². The van der Waals surface area contributed by atoms with Crippen LogP contribution >= 0.6 is 0 Å². The summed E-state index contributed by atoms with van der Waals surface area (Å²) in [5, 5.41) is 0. The van der Waals surface area contributed by atoms with E-state index in [9.17, 15) is 9.18 Å². The Morgan fingerprint density at radius 1 is 1.33 bits per heavy atom. The first kappa shape index (κ1) is 12.1. The third-order valence-corrected chi connectivity index (χ3v) is 2.22. The van der Waals surface area contributed by atoms with E-state index in [0.29, 0.717) is 5.76 Å². The highest BCUT2D eigenvalue weighted by molar-refractivity contribution is 5.90. The van der Waals surface area contributed by atoms with Crippen LogP contribution in [0.5, 0.6) is 5.75 Å². The molecule has 0 atom stereocenters. The van der Waals surface area contributed by atoms with Crippen LogP contribution in [0.15, 0.2) is 40.8 Å². The molecule has 0 saturated heterocycles. The minimum absolute atomic E-state index is 0.0266. The van der Waals surface area contributed by atoms with Gasteiger partial charge in [0.25, 0.3) is 0 Å². The van der Waals surface area contributed by atoms with E-state index >= 15 is 0 Å². The number of ether oxygens (including phenoxy) is 1. The first-order valence-electron chi connectivity index (χ1n) is 5.17. The summed E-state index contributed by atoms with van der Waals surface area (Å²) in [5.74, 6) is 4.57. The predicted octanol–water partition coefficient (Wildman–Crippen LogP) is 1.60. The van der Waals surface area contributed by atoms with Gasteiger partial charge in [-0.15, -0.1) is 0 Å². The van der Waals surface area contributed by atoms with E-state index in [-0.39, 0.29) is 18.1 Å². The molecule has 18 heavy (non-hydrogen) atoms. The Hall–Kier alpha value is -2.34. The number of hydrogen-bond donors (Lipinski definition) is 2. The second-order valence-electron chi connectivity index (χ2n) is 3.46. The molecule has 5 nitrogen and oxygen atoms in total. The third kappa shape index (κ3) is 2.67. The number of para-hydroxylation sites is 1. The van der Waals surface area contributed by atoms with Gasteiger partial charge in [0, 0.05) is 0 Å². The molecule has 2 rings (SSSR count). The van der Waals surface area contributed by atoms with Crippen LogP contribution in [0.2, 0.25) is 0 Å². The Balaban J connectivity index is 2.01. The molecule has 1 aromatic carbocycles. The quantitative estimate of drug-likeness (QED) is 0.491. The maximum Gasteiger partial charge on any atom is 0.300 e. The van der Waals surface area contributed by atoms with E-state index < -0.39 is 11.7 Å². The highest BCUT2D eigenvalue weighted by Gasteiger charge is 2.10. The summed E-state index contributed by atoms with van der Waals surface area (Å²) in [6, 6.07) is 9.05. The van der Waals surface area contributed by atoms with Crippen molar-refractivity contribution < 1.29 is 18.3 Å². The summed E-state index contributed by atoms with van der Waals surface area (Å²) in [6.45, 7) is 0.0266. The first-order valence-corrected chi connectivity index (χ1v) is 5.17. The molecule has 0 fully saturated rings. The van der Waals surface area contributed by atoms with Gasteiger partial charge in [0.05, 0.1) is 0 Å². The third-order valence-electron chi connectivity index (χ3n) is 2.22. The van der Waals surface area contributed by atoms with Gasteiger partial charge in [-0.25, -0.2) is 10.2 Å². The molecule has 1 aromatic heterocycles. The summed E-state index contributed by atoms with van der Waals surface area (Å²) >= 11 is 0. The summed E-state index contributed by atoms with van der Waals surface area (Å²) in [6.07, 6.45) is 0. The van der Waals surface area contributed by atoms with Gasteiger partial charge < -0.3 is 9.15 Å². The van der Waals surface area contributed by atoms with E-state index in [2.05, 4.69) is 0 Å². The van der Waals surface area contributed by atoms with Crippen molar-refractivity contribution in [2.45, 2.75) is 6.61 Å². The van der Waals surface area contributed by atoms with Gasteiger partial charge in [0.15, 0.2) is 17.3 Å². The van der Waals surface area contributed by atoms with E-state index in [1.165, 1.54) is 18.2 Å². The van der Waals surface area contributed by atoms with Gasteiger partial charge in [-0.05, 0) is 24.3 Å². The average Bonchev–Trinajstić information content (AvgIpc) is 2.86. The summed E-state index contributed by atoms with van der Waals surface area (Å²) in [4.78, 5) is 11.1. The van der Waals surface area contributed by atoms with Crippen molar-refractivity contribution in [3.05, 3.63) is 53.7 Å². The molecule has 3 N–H and O–H groups in total. The number of furan rings is 1. The Bertz CT molecular complexity index is 554. The Labute approximate surface area is 102 Å². The molecule has 0 aliphatic rings. The topological polar surface area (TPSA) is 77.5 Å². The summed E-state index contributed by atoms with van der Waals surface area (Å²) in [5.41, 5.74) is 1.94. The van der Waals surface area contributed by atoms with Crippen LogP contribution in [0.4, 0.5) is 4.39 Å². The second kappa shape index (κ2) is 5.33. The molecule has 1 amide bonds. The van der Waals surface area contributed by atoms with Gasteiger partial charge in [-0.2, -0.15) is 0 Å². The highest BCUT2D eigenvalue weighted by Crippen LogP contribution is 2.17. The van der Waals surface area contributed by atoms with Crippen molar-refractivity contribution in [1.82, 2.24) is 5.43 Å². The van der Waals surface area contributed by atoms with Crippen molar-refractivity contribution in [2.24, 2.45) is 5.84 Å². The molecule has 1 heterocycles. The molecule has 0 saturated carbocycles. The molecule has 6 heteroatoms. The van der Waals surface area contributed by atoms with Crippen molar-refractivity contribution >= 4 is 5.91 Å². The number of rotatable bonds is 4. The fourth-order valence-electron chi connectivity index (χ4n) is 1.36. The predicted molar refractivity (Wildman–Crippen MR) is 61.1 cm³/mol. The lowest BCUT2D eigenvalue weighted by molar-refractivity contribution is 0.0921. The lowest BCUT2D eigenvalue weighted by Crippen LogP contribution is -2.29. The second-order valence-corrected chi connectivity index (χ2v) is 3.46. The van der Waals surface area contributed by atoms with Crippen LogP contribution < -0.4 is 16.0 Å². The van der Waals surface area contributed by atoms with Crippen LogP contribution in [-0.4, -0.2) is 5.91 Å². The number of carbonyl (C=O) groups is 1. The van der Waals surface area contributed by atoms with E-state index in [4.69, 9.17) is 15.0 Å². The summed E-state index contributed by atoms with van der Waals surface area (Å²) < 4.78 is 23.6. The Morgan fingerprint density at radius 3 is 2.83 bits per heavy atom. The lowest BCUT2D eigenvalue weighted by Gasteiger charge is -2.04. The molecule has 0 bridgehead atoms. The van der Waals surface area contributed by atoms with Crippen LogP contribution in [0.1, 0.15) is 16.3 Å². The van der Waals surface area contributed by atoms with Crippen LogP contribution in [0, 0.1) is 5.82 Å². The number of nitrogens with two attached hydrogens (primary N) is 1. The Morgan fingerprint density at radius 2 is 2.11 bits per heavy atom. The minimum Gasteiger partial charge on any atom is -0.483 e. The zero-order valence-electron chi connectivity index (χ0n) is 9.35. The standard InChI is InChI=1S/C12H11FN2O3/c13-9-3-1-2-4-10(9)17-7-8-5-6-11(18-8)12(16)15-14/h1-6H,7,14H2,(H,15,16). The molecular formula is C12H11FN2O3. The normalized spacial score (nSPS) is 10.1. The van der Waals surface area contributed by atoms with E-state index in [1.807, 2.05) is 5.43 Å². The molecule has 0 spiro atoms. The smallest absolute Gasteiger partial charge is 0.300 e. The fraction of sp³-hybridized carbons (Fsp3) is 0.0833. The number of nitrogens with one attached hydrogen (secondary N) is 1. The zero-order valence-corrected chi connectivity index (χ0v) is 9.35. The van der Waals surface area contributed by atoms with Crippen molar-refractivity contribution in [1.29, 1.82) is 0 Å². The Kier molecular flexibility index (Phi) is 3.59. The number of nitrogen functional groups attached to an aromatic ring is 1. The average molecular weight is 250 g/mol. The van der Waals surface area contributed by atoms with Gasteiger partial charge in [0.2, 0.25) is 0 Å². The monoisotopic (exact) mass is 250 g/mol. The van der Waals surface area contributed by atoms with Crippen molar-refractivity contribution in [2.75, 3.05) is 0 Å². The molecule has 2 aromatic rings. The maximum absolute atomic E-state index is 13.2. The number of halogens is 1.